The Hall–Kier alpha value is -1.55. The van der Waals surface area contributed by atoms with Crippen LogP contribution in [0, 0.1) is 0 Å². The molecule has 1 N–H and O–H groups in total. The quantitative estimate of drug-likeness (QED) is 0.818. The Balaban J connectivity index is 1.56. The van der Waals surface area contributed by atoms with Gasteiger partial charge in [0.2, 0.25) is 0 Å². The third-order valence-electron chi connectivity index (χ3n) is 3.20. The van der Waals surface area contributed by atoms with E-state index in [2.05, 4.69) is 33.3 Å². The predicted octanol–water partition coefficient (Wildman–Crippen LogP) is 1.64. The molecule has 3 rings (SSSR count). The first-order valence-electron chi connectivity index (χ1n) is 6.26. The van der Waals surface area contributed by atoms with Gasteiger partial charge >= 0.3 is 0 Å². The van der Waals surface area contributed by atoms with E-state index in [1.165, 1.54) is 18.5 Å². The lowest BCUT2D eigenvalue weighted by Gasteiger charge is -2.10. The second-order valence-electron chi connectivity index (χ2n) is 4.62. The van der Waals surface area contributed by atoms with Crippen LogP contribution in [0.4, 0.5) is 0 Å². The summed E-state index contributed by atoms with van der Waals surface area (Å²) >= 11 is 0. The smallest absolute Gasteiger partial charge is 0.0588 e. The van der Waals surface area contributed by atoms with E-state index in [4.69, 9.17) is 0 Å². The number of nitrogens with one attached hydrogen (secondary N) is 1. The maximum Gasteiger partial charge on any atom is 0.0588 e. The van der Waals surface area contributed by atoms with E-state index in [-0.39, 0.29) is 0 Å². The Kier molecular flexibility index (Phi) is 2.96. The number of hydrogen-bond donors (Lipinski definition) is 1. The van der Waals surface area contributed by atoms with Crippen LogP contribution in [0.15, 0.2) is 36.8 Å². The van der Waals surface area contributed by atoms with Crippen molar-refractivity contribution in [1.82, 2.24) is 19.7 Å². The first-order valence-corrected chi connectivity index (χ1v) is 6.26. The summed E-state index contributed by atoms with van der Waals surface area (Å²) < 4.78 is 4.27. The molecule has 1 saturated carbocycles. The van der Waals surface area contributed by atoms with Gasteiger partial charge in [0.1, 0.15) is 0 Å². The van der Waals surface area contributed by atoms with Crippen molar-refractivity contribution in [2.24, 2.45) is 0 Å². The minimum Gasteiger partial charge on any atom is -0.348 e. The van der Waals surface area contributed by atoms with Crippen molar-refractivity contribution in [3.8, 4) is 0 Å². The highest BCUT2D eigenvalue weighted by Gasteiger charge is 2.20. The summed E-state index contributed by atoms with van der Waals surface area (Å²) in [7, 11) is 0. The third-order valence-corrected chi connectivity index (χ3v) is 3.20. The van der Waals surface area contributed by atoms with Crippen LogP contribution in [0.25, 0.3) is 0 Å². The van der Waals surface area contributed by atoms with Crippen LogP contribution < -0.4 is 5.32 Å². The van der Waals surface area contributed by atoms with Crippen molar-refractivity contribution in [3.63, 3.8) is 0 Å². The summed E-state index contributed by atoms with van der Waals surface area (Å²) in [6.07, 6.45) is 8.66. The topological polar surface area (TPSA) is 34.8 Å². The first-order chi connectivity index (χ1) is 8.42. The Bertz CT molecular complexity index is 453. The SMILES string of the molecule is c1cnn(CCn2cccc2CNC2CC2)c1. The van der Waals surface area contributed by atoms with Gasteiger partial charge in [-0.1, -0.05) is 0 Å². The zero-order chi connectivity index (χ0) is 11.5. The highest BCUT2D eigenvalue weighted by atomic mass is 15.3. The lowest BCUT2D eigenvalue weighted by atomic mass is 10.4. The number of aryl methyl sites for hydroxylation is 2. The van der Waals surface area contributed by atoms with Gasteiger partial charge in [0, 0.05) is 43.4 Å². The lowest BCUT2D eigenvalue weighted by Crippen LogP contribution is -2.19. The predicted molar refractivity (Wildman–Crippen MR) is 66.5 cm³/mol. The second kappa shape index (κ2) is 4.75. The fraction of sp³-hybridized carbons (Fsp3) is 0.462. The van der Waals surface area contributed by atoms with Crippen LogP contribution in [0.3, 0.4) is 0 Å². The largest absolute Gasteiger partial charge is 0.348 e. The molecule has 90 valence electrons. The maximum absolute atomic E-state index is 4.22. The highest BCUT2D eigenvalue weighted by molar-refractivity contribution is 5.07. The third kappa shape index (κ3) is 2.77. The normalized spacial score (nSPS) is 15.3. The van der Waals surface area contributed by atoms with Crippen molar-refractivity contribution in [1.29, 1.82) is 0 Å². The summed E-state index contributed by atoms with van der Waals surface area (Å²) in [5.41, 5.74) is 1.36. The lowest BCUT2D eigenvalue weighted by molar-refractivity contribution is 0.514. The fourth-order valence-electron chi connectivity index (χ4n) is 2.01. The van der Waals surface area contributed by atoms with Gasteiger partial charge in [-0.05, 0) is 31.0 Å². The molecule has 1 fully saturated rings. The zero-order valence-corrected chi connectivity index (χ0v) is 9.92. The van der Waals surface area contributed by atoms with E-state index in [0.717, 1.165) is 25.7 Å². The molecule has 2 aromatic rings. The highest BCUT2D eigenvalue weighted by Crippen LogP contribution is 2.19. The molecule has 1 aliphatic carbocycles. The molecule has 0 saturated heterocycles. The molecule has 0 spiro atoms. The Labute approximate surface area is 101 Å². The minimum absolute atomic E-state index is 0.768. The van der Waals surface area contributed by atoms with Crippen molar-refractivity contribution in [2.45, 2.75) is 38.5 Å². The maximum atomic E-state index is 4.22. The van der Waals surface area contributed by atoms with E-state index >= 15 is 0 Å². The van der Waals surface area contributed by atoms with Gasteiger partial charge in [0.15, 0.2) is 0 Å². The standard InChI is InChI=1S/C13H18N4/c1-3-13(11-14-12-4-5-12)16(7-1)9-10-17-8-2-6-15-17/h1-3,6-8,12,14H,4-5,9-11H2. The van der Waals surface area contributed by atoms with Crippen molar-refractivity contribution < 1.29 is 0 Å². The Morgan fingerprint density at radius 3 is 2.94 bits per heavy atom. The molecule has 2 heterocycles. The van der Waals surface area contributed by atoms with Crippen LogP contribution in [0.2, 0.25) is 0 Å². The molecule has 0 unspecified atom stereocenters. The van der Waals surface area contributed by atoms with Crippen molar-refractivity contribution in [3.05, 3.63) is 42.5 Å². The zero-order valence-electron chi connectivity index (χ0n) is 9.92. The van der Waals surface area contributed by atoms with Crippen molar-refractivity contribution >= 4 is 0 Å². The average molecular weight is 230 g/mol. The summed E-state index contributed by atoms with van der Waals surface area (Å²) in [6, 6.07) is 7.04. The van der Waals surface area contributed by atoms with Gasteiger partial charge in [0.25, 0.3) is 0 Å². The van der Waals surface area contributed by atoms with Gasteiger partial charge in [-0.25, -0.2) is 0 Å². The molecule has 0 bridgehead atoms. The summed E-state index contributed by atoms with van der Waals surface area (Å²) in [5.74, 6) is 0. The van der Waals surface area contributed by atoms with Crippen molar-refractivity contribution in [2.75, 3.05) is 0 Å². The van der Waals surface area contributed by atoms with Gasteiger partial charge in [-0.2, -0.15) is 5.10 Å². The summed E-state index contributed by atoms with van der Waals surface area (Å²) in [4.78, 5) is 0. The van der Waals surface area contributed by atoms with Crippen LogP contribution in [-0.4, -0.2) is 20.4 Å². The van der Waals surface area contributed by atoms with E-state index in [1.54, 1.807) is 0 Å². The van der Waals surface area contributed by atoms with E-state index in [0.29, 0.717) is 0 Å². The molecule has 4 nitrogen and oxygen atoms in total. The van der Waals surface area contributed by atoms with Gasteiger partial charge in [-0.3, -0.25) is 4.68 Å². The van der Waals surface area contributed by atoms with Gasteiger partial charge in [0.05, 0.1) is 6.54 Å². The molecular weight excluding hydrogens is 212 g/mol. The first kappa shape index (κ1) is 10.6. The summed E-state index contributed by atoms with van der Waals surface area (Å²) in [6.45, 7) is 2.89. The van der Waals surface area contributed by atoms with Gasteiger partial charge < -0.3 is 9.88 Å². The molecule has 1 aliphatic rings. The van der Waals surface area contributed by atoms with Crippen LogP contribution in [0.1, 0.15) is 18.5 Å². The van der Waals surface area contributed by atoms with E-state index in [1.807, 2.05) is 23.1 Å². The second-order valence-corrected chi connectivity index (χ2v) is 4.62. The molecule has 0 radical (unpaired) electrons. The molecule has 2 aromatic heterocycles. The Morgan fingerprint density at radius 2 is 2.18 bits per heavy atom. The molecule has 0 atom stereocenters. The molecule has 0 aliphatic heterocycles. The minimum atomic E-state index is 0.768. The number of hydrogen-bond acceptors (Lipinski definition) is 2. The molecular formula is C13H18N4. The number of aromatic nitrogens is 3. The number of nitrogens with zero attached hydrogens (tertiary/aromatic N) is 3. The monoisotopic (exact) mass is 230 g/mol. The molecule has 4 heteroatoms. The average Bonchev–Trinajstić information content (AvgIpc) is 2.86. The van der Waals surface area contributed by atoms with Crippen LogP contribution in [-0.2, 0) is 19.6 Å². The van der Waals surface area contributed by atoms with Crippen LogP contribution in [0.5, 0.6) is 0 Å². The van der Waals surface area contributed by atoms with Gasteiger partial charge in [-0.15, -0.1) is 0 Å². The number of rotatable bonds is 6. The van der Waals surface area contributed by atoms with E-state index < -0.39 is 0 Å². The molecule has 0 aromatic carbocycles. The fourth-order valence-corrected chi connectivity index (χ4v) is 2.01. The van der Waals surface area contributed by atoms with E-state index in [9.17, 15) is 0 Å². The molecule has 0 amide bonds. The Morgan fingerprint density at radius 1 is 1.24 bits per heavy atom. The van der Waals surface area contributed by atoms with Crippen LogP contribution >= 0.6 is 0 Å². The molecule has 17 heavy (non-hydrogen) atoms. The summed E-state index contributed by atoms with van der Waals surface area (Å²) in [5, 5.41) is 7.77.